The Bertz CT molecular complexity index is 614. The summed E-state index contributed by atoms with van der Waals surface area (Å²) in [5, 5.41) is 9.69. The van der Waals surface area contributed by atoms with Crippen LogP contribution in [-0.4, -0.2) is 11.7 Å². The van der Waals surface area contributed by atoms with Crippen molar-refractivity contribution in [3.63, 3.8) is 0 Å². The minimum absolute atomic E-state index is 0.329. The fourth-order valence-electron chi connectivity index (χ4n) is 2.50. The first kappa shape index (κ1) is 13.0. The SMILES string of the molecule is Cc1cccc(C)c1COc1ccc2c(c1)OCC2O. The van der Waals surface area contributed by atoms with Gasteiger partial charge in [-0.25, -0.2) is 0 Å². The first-order valence-corrected chi connectivity index (χ1v) is 6.78. The van der Waals surface area contributed by atoms with Gasteiger partial charge >= 0.3 is 0 Å². The van der Waals surface area contributed by atoms with E-state index in [1.165, 1.54) is 16.7 Å². The van der Waals surface area contributed by atoms with Crippen LogP contribution in [0, 0.1) is 13.8 Å². The van der Waals surface area contributed by atoms with E-state index >= 15 is 0 Å². The normalized spacial score (nSPS) is 16.6. The predicted octanol–water partition coefficient (Wildman–Crippen LogP) is 3.31. The fourth-order valence-corrected chi connectivity index (χ4v) is 2.50. The summed E-state index contributed by atoms with van der Waals surface area (Å²) in [6.45, 7) is 5.05. The lowest BCUT2D eigenvalue weighted by molar-refractivity contribution is 0.140. The largest absolute Gasteiger partial charge is 0.490 e. The molecule has 0 amide bonds. The van der Waals surface area contributed by atoms with Gasteiger partial charge in [0.1, 0.15) is 30.8 Å². The van der Waals surface area contributed by atoms with Gasteiger partial charge in [-0.1, -0.05) is 18.2 Å². The minimum Gasteiger partial charge on any atom is -0.490 e. The van der Waals surface area contributed by atoms with Gasteiger partial charge in [-0.2, -0.15) is 0 Å². The van der Waals surface area contributed by atoms with Crippen LogP contribution in [0.3, 0.4) is 0 Å². The van der Waals surface area contributed by atoms with Crippen LogP contribution < -0.4 is 9.47 Å². The van der Waals surface area contributed by atoms with Crippen molar-refractivity contribution in [1.29, 1.82) is 0 Å². The lowest BCUT2D eigenvalue weighted by Crippen LogP contribution is -2.00. The molecule has 1 N–H and O–H groups in total. The molecule has 20 heavy (non-hydrogen) atoms. The average molecular weight is 270 g/mol. The van der Waals surface area contributed by atoms with E-state index < -0.39 is 6.10 Å². The van der Waals surface area contributed by atoms with Gasteiger partial charge in [0.25, 0.3) is 0 Å². The maximum atomic E-state index is 9.69. The molecule has 0 aliphatic carbocycles. The maximum absolute atomic E-state index is 9.69. The number of rotatable bonds is 3. The number of hydrogen-bond donors (Lipinski definition) is 1. The van der Waals surface area contributed by atoms with Gasteiger partial charge in [0.2, 0.25) is 0 Å². The van der Waals surface area contributed by atoms with Crippen molar-refractivity contribution < 1.29 is 14.6 Å². The molecular weight excluding hydrogens is 252 g/mol. The lowest BCUT2D eigenvalue weighted by atomic mass is 10.0. The van der Waals surface area contributed by atoms with Crippen molar-refractivity contribution in [3.8, 4) is 11.5 Å². The van der Waals surface area contributed by atoms with Crippen molar-refractivity contribution in [2.24, 2.45) is 0 Å². The molecule has 0 aromatic heterocycles. The zero-order valence-electron chi connectivity index (χ0n) is 11.7. The molecule has 2 aromatic carbocycles. The Balaban J connectivity index is 1.76. The van der Waals surface area contributed by atoms with Crippen LogP contribution in [0.2, 0.25) is 0 Å². The van der Waals surface area contributed by atoms with Gasteiger partial charge in [-0.3, -0.25) is 0 Å². The van der Waals surface area contributed by atoms with Crippen molar-refractivity contribution in [3.05, 3.63) is 58.7 Å². The van der Waals surface area contributed by atoms with Crippen LogP contribution in [0.5, 0.6) is 11.5 Å². The van der Waals surface area contributed by atoms with Gasteiger partial charge in [0, 0.05) is 11.6 Å². The summed E-state index contributed by atoms with van der Waals surface area (Å²) in [5.41, 5.74) is 4.52. The Hall–Kier alpha value is -2.00. The highest BCUT2D eigenvalue weighted by atomic mass is 16.5. The Morgan fingerprint density at radius 2 is 1.95 bits per heavy atom. The number of fused-ring (bicyclic) bond motifs is 1. The molecule has 1 atom stereocenters. The zero-order chi connectivity index (χ0) is 14.1. The van der Waals surface area contributed by atoms with Crippen LogP contribution >= 0.6 is 0 Å². The molecule has 3 nitrogen and oxygen atoms in total. The maximum Gasteiger partial charge on any atom is 0.129 e. The molecule has 1 aliphatic rings. The summed E-state index contributed by atoms with van der Waals surface area (Å²) in [4.78, 5) is 0. The Morgan fingerprint density at radius 1 is 1.20 bits per heavy atom. The summed E-state index contributed by atoms with van der Waals surface area (Å²) >= 11 is 0. The third-order valence-electron chi connectivity index (χ3n) is 3.77. The van der Waals surface area contributed by atoms with Crippen molar-refractivity contribution in [1.82, 2.24) is 0 Å². The number of hydrogen-bond acceptors (Lipinski definition) is 3. The highest BCUT2D eigenvalue weighted by Crippen LogP contribution is 2.35. The van der Waals surface area contributed by atoms with E-state index in [9.17, 15) is 5.11 Å². The van der Waals surface area contributed by atoms with Gasteiger partial charge in [-0.15, -0.1) is 0 Å². The Morgan fingerprint density at radius 3 is 2.70 bits per heavy atom. The summed E-state index contributed by atoms with van der Waals surface area (Å²) in [6.07, 6.45) is -0.516. The Kier molecular flexibility index (Phi) is 3.36. The minimum atomic E-state index is -0.516. The molecule has 104 valence electrons. The standard InChI is InChI=1S/C17H18O3/c1-11-4-3-5-12(2)15(11)9-19-13-6-7-14-16(18)10-20-17(14)8-13/h3-8,16,18H,9-10H2,1-2H3. The summed E-state index contributed by atoms with van der Waals surface area (Å²) in [5.74, 6) is 1.48. The molecular formula is C17H18O3. The molecule has 1 heterocycles. The monoisotopic (exact) mass is 270 g/mol. The third kappa shape index (κ3) is 2.37. The predicted molar refractivity (Wildman–Crippen MR) is 77.1 cm³/mol. The van der Waals surface area contributed by atoms with Crippen molar-refractivity contribution in [2.45, 2.75) is 26.6 Å². The van der Waals surface area contributed by atoms with Crippen LogP contribution in [0.1, 0.15) is 28.4 Å². The molecule has 0 bridgehead atoms. The van der Waals surface area contributed by atoms with Gasteiger partial charge < -0.3 is 14.6 Å². The molecule has 0 saturated heterocycles. The van der Waals surface area contributed by atoms with Crippen LogP contribution in [0.15, 0.2) is 36.4 Å². The van der Waals surface area contributed by atoms with E-state index in [1.54, 1.807) is 0 Å². The second-order valence-electron chi connectivity index (χ2n) is 5.19. The summed E-state index contributed by atoms with van der Waals surface area (Å²) in [6, 6.07) is 11.8. The second kappa shape index (κ2) is 5.17. The quantitative estimate of drug-likeness (QED) is 0.930. The van der Waals surface area contributed by atoms with Crippen LogP contribution in [0.4, 0.5) is 0 Å². The van der Waals surface area contributed by atoms with Crippen LogP contribution in [0.25, 0.3) is 0 Å². The summed E-state index contributed by atoms with van der Waals surface area (Å²) in [7, 11) is 0. The van der Waals surface area contributed by atoms with Gasteiger partial charge in [0.15, 0.2) is 0 Å². The molecule has 3 rings (SSSR count). The zero-order valence-corrected chi connectivity index (χ0v) is 11.7. The number of aliphatic hydroxyl groups excluding tert-OH is 1. The van der Waals surface area contributed by atoms with E-state index in [-0.39, 0.29) is 0 Å². The second-order valence-corrected chi connectivity index (χ2v) is 5.19. The number of ether oxygens (including phenoxy) is 2. The topological polar surface area (TPSA) is 38.7 Å². The molecule has 0 saturated carbocycles. The van der Waals surface area contributed by atoms with Crippen LogP contribution in [-0.2, 0) is 6.61 Å². The highest BCUT2D eigenvalue weighted by molar-refractivity contribution is 5.44. The first-order chi connectivity index (χ1) is 9.65. The molecule has 0 spiro atoms. The summed E-state index contributed by atoms with van der Waals surface area (Å²) < 4.78 is 11.3. The van der Waals surface area contributed by atoms with Gasteiger partial charge in [-0.05, 0) is 42.7 Å². The average Bonchev–Trinajstić information content (AvgIpc) is 2.79. The van der Waals surface area contributed by atoms with E-state index in [0.717, 1.165) is 17.1 Å². The van der Waals surface area contributed by atoms with Crippen molar-refractivity contribution in [2.75, 3.05) is 6.61 Å². The molecule has 2 aromatic rings. The first-order valence-electron chi connectivity index (χ1n) is 6.78. The van der Waals surface area contributed by atoms with Gasteiger partial charge in [0.05, 0.1) is 0 Å². The smallest absolute Gasteiger partial charge is 0.129 e. The number of benzene rings is 2. The molecule has 0 fully saturated rings. The molecule has 0 radical (unpaired) electrons. The van der Waals surface area contributed by atoms with Crippen molar-refractivity contribution >= 4 is 0 Å². The number of aliphatic hydroxyl groups is 1. The third-order valence-corrected chi connectivity index (χ3v) is 3.77. The highest BCUT2D eigenvalue weighted by Gasteiger charge is 2.22. The lowest BCUT2D eigenvalue weighted by Gasteiger charge is -2.12. The molecule has 1 unspecified atom stereocenters. The molecule has 3 heteroatoms. The van der Waals surface area contributed by atoms with E-state index in [1.807, 2.05) is 18.2 Å². The van der Waals surface area contributed by atoms with E-state index in [0.29, 0.717) is 13.2 Å². The van der Waals surface area contributed by atoms with E-state index in [4.69, 9.17) is 9.47 Å². The molecule has 1 aliphatic heterocycles. The number of aryl methyl sites for hydroxylation is 2. The fraction of sp³-hybridized carbons (Fsp3) is 0.294. The van der Waals surface area contributed by atoms with E-state index in [2.05, 4.69) is 32.0 Å². The Labute approximate surface area is 118 Å².